The van der Waals surface area contributed by atoms with Crippen LogP contribution in [0.25, 0.3) is 0 Å². The molecule has 0 atom stereocenters. The minimum atomic E-state index is -3.27. The summed E-state index contributed by atoms with van der Waals surface area (Å²) in [4.78, 5) is 14.4. The molecule has 0 aliphatic carbocycles. The van der Waals surface area contributed by atoms with E-state index in [-0.39, 0.29) is 23.8 Å². The van der Waals surface area contributed by atoms with Crippen molar-refractivity contribution in [2.24, 2.45) is 5.92 Å². The number of nitrogens with zero attached hydrogens (tertiary/aromatic N) is 1. The van der Waals surface area contributed by atoms with E-state index in [1.54, 1.807) is 0 Å². The number of hydrogen-bond acceptors (Lipinski definition) is 4. The van der Waals surface area contributed by atoms with Gasteiger partial charge in [-0.1, -0.05) is 31.2 Å². The van der Waals surface area contributed by atoms with Gasteiger partial charge in [-0.25, -0.2) is 8.42 Å². The number of nitrogens with one attached hydrogen (secondary N) is 1. The molecular formula is C20H32N2O3S. The Hall–Kier alpha value is -1.40. The molecule has 0 spiro atoms. The number of benzene rings is 1. The molecule has 1 aromatic rings. The topological polar surface area (TPSA) is 66.5 Å². The number of likely N-dealkylation sites (tertiary alicyclic amines) is 1. The van der Waals surface area contributed by atoms with Gasteiger partial charge in [-0.2, -0.15) is 0 Å². The zero-order valence-electron chi connectivity index (χ0n) is 16.0. The van der Waals surface area contributed by atoms with E-state index in [0.29, 0.717) is 6.54 Å². The fraction of sp³-hybridized carbons (Fsp3) is 0.650. The molecule has 2 rings (SSSR count). The predicted molar refractivity (Wildman–Crippen MR) is 106 cm³/mol. The lowest BCUT2D eigenvalue weighted by Gasteiger charge is -2.30. The van der Waals surface area contributed by atoms with Crippen LogP contribution in [0.1, 0.15) is 43.7 Å². The first-order chi connectivity index (χ1) is 12.4. The third-order valence-electron chi connectivity index (χ3n) is 5.13. The Morgan fingerprint density at radius 3 is 2.62 bits per heavy atom. The van der Waals surface area contributed by atoms with Crippen molar-refractivity contribution in [3.05, 3.63) is 35.4 Å². The van der Waals surface area contributed by atoms with Crippen LogP contribution in [-0.2, 0) is 20.4 Å². The van der Waals surface area contributed by atoms with Crippen molar-refractivity contribution in [3.63, 3.8) is 0 Å². The standard InChI is InChI=1S/C20H32N2O3S/c1-17-8-13-22(14-9-17)12-5-11-21-20(23)10-15-26(24,25)16-19-7-4-3-6-18(19)2/h3-4,6-7,17H,5,8-16H2,1-2H3,(H,21,23). The van der Waals surface area contributed by atoms with E-state index >= 15 is 0 Å². The zero-order chi connectivity index (χ0) is 19.0. The van der Waals surface area contributed by atoms with Crippen LogP contribution in [-0.4, -0.2) is 51.2 Å². The highest BCUT2D eigenvalue weighted by Gasteiger charge is 2.16. The van der Waals surface area contributed by atoms with Crippen LogP contribution in [0, 0.1) is 12.8 Å². The summed E-state index contributed by atoms with van der Waals surface area (Å²) < 4.78 is 24.5. The fourth-order valence-corrected chi connectivity index (χ4v) is 4.67. The summed E-state index contributed by atoms with van der Waals surface area (Å²) in [6.45, 7) is 8.10. The smallest absolute Gasteiger partial charge is 0.221 e. The fourth-order valence-electron chi connectivity index (χ4n) is 3.23. The first-order valence-electron chi connectivity index (χ1n) is 9.60. The summed E-state index contributed by atoms with van der Waals surface area (Å²) in [6.07, 6.45) is 3.46. The highest BCUT2D eigenvalue weighted by Crippen LogP contribution is 2.15. The maximum absolute atomic E-state index is 12.2. The van der Waals surface area contributed by atoms with Gasteiger partial charge in [0.05, 0.1) is 11.5 Å². The normalized spacial score (nSPS) is 16.5. The molecule has 1 saturated heterocycles. The maximum atomic E-state index is 12.2. The Balaban J connectivity index is 1.62. The molecule has 1 heterocycles. The van der Waals surface area contributed by atoms with Gasteiger partial charge in [0.25, 0.3) is 0 Å². The van der Waals surface area contributed by atoms with E-state index in [1.807, 2.05) is 31.2 Å². The SMILES string of the molecule is Cc1ccccc1CS(=O)(=O)CCC(=O)NCCCN1CCC(C)CC1. The van der Waals surface area contributed by atoms with Crippen molar-refractivity contribution in [1.82, 2.24) is 10.2 Å². The van der Waals surface area contributed by atoms with Gasteiger partial charge in [-0.3, -0.25) is 4.79 Å². The molecule has 1 N–H and O–H groups in total. The molecular weight excluding hydrogens is 348 g/mol. The molecule has 0 bridgehead atoms. The van der Waals surface area contributed by atoms with Crippen LogP contribution in [0.15, 0.2) is 24.3 Å². The van der Waals surface area contributed by atoms with Crippen molar-refractivity contribution in [1.29, 1.82) is 0 Å². The molecule has 26 heavy (non-hydrogen) atoms. The van der Waals surface area contributed by atoms with Gasteiger partial charge in [-0.05, 0) is 62.9 Å². The Kier molecular flexibility index (Phi) is 8.10. The Morgan fingerprint density at radius 1 is 1.23 bits per heavy atom. The molecule has 1 amide bonds. The van der Waals surface area contributed by atoms with Gasteiger partial charge in [0.1, 0.15) is 0 Å². The predicted octanol–water partition coefficient (Wildman–Crippen LogP) is 2.54. The first-order valence-corrected chi connectivity index (χ1v) is 11.4. The van der Waals surface area contributed by atoms with E-state index in [2.05, 4.69) is 17.1 Å². The van der Waals surface area contributed by atoms with Gasteiger partial charge in [0.2, 0.25) is 5.91 Å². The number of carbonyl (C=O) groups is 1. The van der Waals surface area contributed by atoms with Crippen molar-refractivity contribution < 1.29 is 13.2 Å². The summed E-state index contributed by atoms with van der Waals surface area (Å²) in [7, 11) is -3.27. The van der Waals surface area contributed by atoms with Crippen LogP contribution in [0.4, 0.5) is 0 Å². The second-order valence-electron chi connectivity index (χ2n) is 7.50. The van der Waals surface area contributed by atoms with Crippen molar-refractivity contribution in [2.75, 3.05) is 31.9 Å². The Labute approximate surface area is 158 Å². The van der Waals surface area contributed by atoms with Gasteiger partial charge < -0.3 is 10.2 Å². The molecule has 5 nitrogen and oxygen atoms in total. The highest BCUT2D eigenvalue weighted by molar-refractivity contribution is 7.90. The lowest BCUT2D eigenvalue weighted by molar-refractivity contribution is -0.120. The van der Waals surface area contributed by atoms with Crippen molar-refractivity contribution in [2.45, 2.75) is 45.3 Å². The average Bonchev–Trinajstić information content (AvgIpc) is 2.60. The number of sulfone groups is 1. The molecule has 0 saturated carbocycles. The molecule has 6 heteroatoms. The van der Waals surface area contributed by atoms with Crippen molar-refractivity contribution in [3.8, 4) is 0 Å². The number of piperidine rings is 1. The highest BCUT2D eigenvalue weighted by atomic mass is 32.2. The number of amides is 1. The largest absolute Gasteiger partial charge is 0.356 e. The summed E-state index contributed by atoms with van der Waals surface area (Å²) in [6, 6.07) is 7.46. The third-order valence-corrected chi connectivity index (χ3v) is 6.70. The molecule has 1 aromatic carbocycles. The van der Waals surface area contributed by atoms with Crippen LogP contribution in [0.5, 0.6) is 0 Å². The molecule has 0 unspecified atom stereocenters. The third kappa shape index (κ3) is 7.46. The molecule has 146 valence electrons. The van der Waals surface area contributed by atoms with Gasteiger partial charge in [0, 0.05) is 13.0 Å². The summed E-state index contributed by atoms with van der Waals surface area (Å²) in [5.41, 5.74) is 1.77. The van der Waals surface area contributed by atoms with Gasteiger partial charge in [0.15, 0.2) is 9.84 Å². The second kappa shape index (κ2) is 10.1. The van der Waals surface area contributed by atoms with E-state index in [0.717, 1.165) is 43.1 Å². The van der Waals surface area contributed by atoms with E-state index in [1.165, 1.54) is 12.8 Å². The minimum Gasteiger partial charge on any atom is -0.356 e. The van der Waals surface area contributed by atoms with Crippen LogP contribution in [0.2, 0.25) is 0 Å². The summed E-state index contributed by atoms with van der Waals surface area (Å²) >= 11 is 0. The van der Waals surface area contributed by atoms with Crippen LogP contribution >= 0.6 is 0 Å². The quantitative estimate of drug-likeness (QED) is 0.669. The summed E-state index contributed by atoms with van der Waals surface area (Å²) in [5.74, 6) is 0.551. The van der Waals surface area contributed by atoms with Crippen molar-refractivity contribution >= 4 is 15.7 Å². The van der Waals surface area contributed by atoms with E-state index in [9.17, 15) is 13.2 Å². The lowest BCUT2D eigenvalue weighted by atomic mass is 9.99. The average molecular weight is 381 g/mol. The van der Waals surface area contributed by atoms with Crippen LogP contribution < -0.4 is 5.32 Å². The van der Waals surface area contributed by atoms with E-state index in [4.69, 9.17) is 0 Å². The Morgan fingerprint density at radius 2 is 1.92 bits per heavy atom. The van der Waals surface area contributed by atoms with Gasteiger partial charge in [-0.15, -0.1) is 0 Å². The first kappa shape index (κ1) is 20.9. The number of hydrogen-bond donors (Lipinski definition) is 1. The minimum absolute atomic E-state index is 0.000333. The summed E-state index contributed by atoms with van der Waals surface area (Å²) in [5, 5.41) is 2.85. The number of rotatable bonds is 9. The molecule has 1 fully saturated rings. The lowest BCUT2D eigenvalue weighted by Crippen LogP contribution is -2.35. The van der Waals surface area contributed by atoms with Crippen LogP contribution in [0.3, 0.4) is 0 Å². The Bertz CT molecular complexity index is 680. The van der Waals surface area contributed by atoms with E-state index < -0.39 is 9.84 Å². The maximum Gasteiger partial charge on any atom is 0.221 e. The van der Waals surface area contributed by atoms with Gasteiger partial charge >= 0.3 is 0 Å². The zero-order valence-corrected chi connectivity index (χ0v) is 16.9. The molecule has 0 radical (unpaired) electrons. The molecule has 0 aromatic heterocycles. The number of aryl methyl sites for hydroxylation is 1. The number of carbonyl (C=O) groups excluding carboxylic acids is 1. The second-order valence-corrected chi connectivity index (χ2v) is 9.68. The monoisotopic (exact) mass is 380 g/mol. The molecule has 1 aliphatic heterocycles. The molecule has 1 aliphatic rings.